The number of H-pyrrole nitrogens is 1. The number of ether oxygens (including phenoxy) is 2. The molecule has 1 atom stereocenters. The number of carbonyl (C=O) groups excluding carboxylic acids is 2. The second kappa shape index (κ2) is 11.4. The Hall–Kier alpha value is -3.39. The van der Waals surface area contributed by atoms with Crippen molar-refractivity contribution in [2.45, 2.75) is 39.4 Å². The molecule has 0 radical (unpaired) electrons. The first-order valence-electron chi connectivity index (χ1n) is 12.1. The number of nitrogens with one attached hydrogen (secondary N) is 1. The monoisotopic (exact) mass is 478 g/mol. The molecule has 186 valence electrons. The van der Waals surface area contributed by atoms with Crippen LogP contribution in [0.5, 0.6) is 5.75 Å². The van der Waals surface area contributed by atoms with Gasteiger partial charge >= 0.3 is 0 Å². The average Bonchev–Trinajstić information content (AvgIpc) is 3.20. The maximum absolute atomic E-state index is 13.2. The molecule has 0 saturated carbocycles. The van der Waals surface area contributed by atoms with Crippen LogP contribution in [0.3, 0.4) is 0 Å². The maximum atomic E-state index is 13.2. The van der Waals surface area contributed by atoms with E-state index in [1.165, 1.54) is 0 Å². The predicted molar refractivity (Wildman–Crippen MR) is 134 cm³/mol. The van der Waals surface area contributed by atoms with Crippen molar-refractivity contribution in [3.05, 3.63) is 59.9 Å². The van der Waals surface area contributed by atoms with Gasteiger partial charge in [0.2, 0.25) is 11.8 Å². The minimum absolute atomic E-state index is 0.0386. The Bertz CT molecular complexity index is 1130. The average molecular weight is 479 g/mol. The van der Waals surface area contributed by atoms with Crippen LogP contribution in [-0.4, -0.2) is 71.0 Å². The lowest BCUT2D eigenvalue weighted by Crippen LogP contribution is -2.40. The van der Waals surface area contributed by atoms with Crippen molar-refractivity contribution >= 4 is 22.8 Å². The van der Waals surface area contributed by atoms with Gasteiger partial charge in [0.1, 0.15) is 11.6 Å². The van der Waals surface area contributed by atoms with Crippen molar-refractivity contribution in [3.63, 3.8) is 0 Å². The second-order valence-electron chi connectivity index (χ2n) is 9.45. The highest BCUT2D eigenvalue weighted by Gasteiger charge is 2.31. The highest BCUT2D eigenvalue weighted by Crippen LogP contribution is 2.17. The lowest BCUT2D eigenvalue weighted by Gasteiger charge is -2.26. The molecule has 4 rings (SSSR count). The lowest BCUT2D eigenvalue weighted by molar-refractivity contribution is -0.139. The predicted octanol–water partition coefficient (Wildman–Crippen LogP) is 3.42. The van der Waals surface area contributed by atoms with Crippen LogP contribution in [0.1, 0.15) is 31.7 Å². The number of aryl methyl sites for hydroxylation is 1. The summed E-state index contributed by atoms with van der Waals surface area (Å²) in [6, 6.07) is 15.5. The quantitative estimate of drug-likeness (QED) is 0.509. The zero-order valence-corrected chi connectivity index (χ0v) is 20.7. The molecule has 0 bridgehead atoms. The van der Waals surface area contributed by atoms with Gasteiger partial charge in [0, 0.05) is 32.5 Å². The highest BCUT2D eigenvalue weighted by molar-refractivity contribution is 5.85. The van der Waals surface area contributed by atoms with Crippen molar-refractivity contribution < 1.29 is 19.1 Å². The van der Waals surface area contributed by atoms with Crippen molar-refractivity contribution in [1.82, 2.24) is 19.8 Å². The third-order valence-electron chi connectivity index (χ3n) is 6.10. The summed E-state index contributed by atoms with van der Waals surface area (Å²) in [6.07, 6.45) is 0.491. The summed E-state index contributed by atoms with van der Waals surface area (Å²) in [5.74, 6) is 1.76. The standard InChI is InChI=1S/C27H34N4O4/c1-19(2)14-30-15-22(35-18-20-7-6-8-21(13-20)34-3)16-31(17-27(30)33)26(32)12-11-25-28-23-9-4-5-10-24(23)29-25/h4-10,13,19,22H,11-12,14-18H2,1-3H3,(H,28,29)/t22-/m1/s1. The number of rotatable bonds is 9. The minimum atomic E-state index is -0.276. The number of aromatic amines is 1. The Morgan fingerprint density at radius 1 is 1.17 bits per heavy atom. The fraction of sp³-hybridized carbons (Fsp3) is 0.444. The number of imidazole rings is 1. The van der Waals surface area contributed by atoms with Crippen LogP contribution in [0, 0.1) is 5.92 Å². The summed E-state index contributed by atoms with van der Waals surface area (Å²) >= 11 is 0. The molecule has 8 heteroatoms. The first kappa shape index (κ1) is 24.7. The SMILES string of the molecule is COc1cccc(CO[C@H]2CN(C(=O)CCc3nc4ccccc4[nH]3)CC(=O)N(CC(C)C)C2)c1. The van der Waals surface area contributed by atoms with Gasteiger partial charge in [0.05, 0.1) is 37.4 Å². The molecular weight excluding hydrogens is 444 g/mol. The van der Waals surface area contributed by atoms with Crippen molar-refractivity contribution in [1.29, 1.82) is 0 Å². The largest absolute Gasteiger partial charge is 0.497 e. The fourth-order valence-electron chi connectivity index (χ4n) is 4.38. The topological polar surface area (TPSA) is 87.8 Å². The van der Waals surface area contributed by atoms with Gasteiger partial charge in [-0.15, -0.1) is 0 Å². The smallest absolute Gasteiger partial charge is 0.242 e. The van der Waals surface area contributed by atoms with Gasteiger partial charge in [-0.05, 0) is 35.7 Å². The molecule has 1 N–H and O–H groups in total. The van der Waals surface area contributed by atoms with Crippen LogP contribution in [0.2, 0.25) is 0 Å². The number of hydrogen-bond acceptors (Lipinski definition) is 5. The van der Waals surface area contributed by atoms with Crippen LogP contribution in [0.4, 0.5) is 0 Å². The number of benzene rings is 2. The molecule has 1 aliphatic rings. The molecule has 1 aromatic heterocycles. The van der Waals surface area contributed by atoms with E-state index < -0.39 is 0 Å². The molecule has 1 saturated heterocycles. The Balaban J connectivity index is 1.42. The number of methoxy groups -OCH3 is 1. The highest BCUT2D eigenvalue weighted by atomic mass is 16.5. The molecule has 0 aliphatic carbocycles. The van der Waals surface area contributed by atoms with E-state index in [4.69, 9.17) is 9.47 Å². The molecule has 1 aliphatic heterocycles. The van der Waals surface area contributed by atoms with Gasteiger partial charge in [-0.3, -0.25) is 9.59 Å². The van der Waals surface area contributed by atoms with Gasteiger partial charge in [-0.25, -0.2) is 4.98 Å². The number of amides is 2. The molecule has 8 nitrogen and oxygen atoms in total. The van der Waals surface area contributed by atoms with Gasteiger partial charge in [0.15, 0.2) is 0 Å². The van der Waals surface area contributed by atoms with Crippen LogP contribution in [-0.2, 0) is 27.4 Å². The summed E-state index contributed by atoms with van der Waals surface area (Å²) in [4.78, 5) is 37.5. The number of carbonyl (C=O) groups is 2. The normalized spacial score (nSPS) is 16.7. The van der Waals surface area contributed by atoms with Gasteiger partial charge < -0.3 is 24.3 Å². The number of hydrogen-bond donors (Lipinski definition) is 1. The summed E-state index contributed by atoms with van der Waals surface area (Å²) in [6.45, 7) is 6.11. The Morgan fingerprint density at radius 2 is 2.00 bits per heavy atom. The van der Waals surface area contributed by atoms with Crippen molar-refractivity contribution in [2.75, 3.05) is 33.3 Å². The van der Waals surface area contributed by atoms with Gasteiger partial charge in [-0.1, -0.05) is 38.1 Å². The van der Waals surface area contributed by atoms with E-state index in [0.717, 1.165) is 28.2 Å². The van der Waals surface area contributed by atoms with E-state index in [0.29, 0.717) is 38.6 Å². The summed E-state index contributed by atoms with van der Waals surface area (Å²) in [5, 5.41) is 0. The Morgan fingerprint density at radius 3 is 2.77 bits per heavy atom. The van der Waals surface area contributed by atoms with E-state index >= 15 is 0 Å². The van der Waals surface area contributed by atoms with E-state index in [1.807, 2.05) is 53.4 Å². The Kier molecular flexibility index (Phi) is 8.02. The van der Waals surface area contributed by atoms with E-state index in [-0.39, 0.29) is 30.9 Å². The molecule has 0 spiro atoms. The van der Waals surface area contributed by atoms with Crippen molar-refractivity contribution in [2.24, 2.45) is 5.92 Å². The van der Waals surface area contributed by atoms with Crippen LogP contribution in [0.25, 0.3) is 11.0 Å². The number of nitrogens with zero attached hydrogens (tertiary/aromatic N) is 3. The Labute approximate surface area is 206 Å². The molecule has 35 heavy (non-hydrogen) atoms. The zero-order chi connectivity index (χ0) is 24.8. The van der Waals surface area contributed by atoms with E-state index in [2.05, 4.69) is 23.8 Å². The molecular formula is C27H34N4O4. The lowest BCUT2D eigenvalue weighted by atomic mass is 10.2. The molecule has 2 amide bonds. The number of fused-ring (bicyclic) bond motifs is 1. The first-order valence-corrected chi connectivity index (χ1v) is 12.1. The summed E-state index contributed by atoms with van der Waals surface area (Å²) in [7, 11) is 1.63. The molecule has 3 aromatic rings. The zero-order valence-electron chi connectivity index (χ0n) is 20.7. The third-order valence-corrected chi connectivity index (χ3v) is 6.10. The van der Waals surface area contributed by atoms with Crippen LogP contribution >= 0.6 is 0 Å². The fourth-order valence-corrected chi connectivity index (χ4v) is 4.38. The first-order chi connectivity index (χ1) is 16.9. The van der Waals surface area contributed by atoms with E-state index in [9.17, 15) is 9.59 Å². The van der Waals surface area contributed by atoms with Crippen LogP contribution in [0.15, 0.2) is 48.5 Å². The molecule has 1 fully saturated rings. The summed E-state index contributed by atoms with van der Waals surface area (Å²) < 4.78 is 11.5. The molecule has 2 heterocycles. The number of para-hydroxylation sites is 2. The second-order valence-corrected chi connectivity index (χ2v) is 9.45. The molecule has 0 unspecified atom stereocenters. The summed E-state index contributed by atoms with van der Waals surface area (Å²) in [5.41, 5.74) is 2.82. The third kappa shape index (κ3) is 6.60. The van der Waals surface area contributed by atoms with Gasteiger partial charge in [0.25, 0.3) is 0 Å². The molecule has 2 aromatic carbocycles. The minimum Gasteiger partial charge on any atom is -0.497 e. The van der Waals surface area contributed by atoms with Crippen LogP contribution < -0.4 is 4.74 Å². The van der Waals surface area contributed by atoms with E-state index in [1.54, 1.807) is 12.0 Å². The van der Waals surface area contributed by atoms with Crippen molar-refractivity contribution in [3.8, 4) is 5.75 Å². The maximum Gasteiger partial charge on any atom is 0.242 e. The van der Waals surface area contributed by atoms with Gasteiger partial charge in [-0.2, -0.15) is 0 Å². The number of aromatic nitrogens is 2.